The first kappa shape index (κ1) is 19.3. The third-order valence-electron chi connectivity index (χ3n) is 5.43. The minimum Gasteiger partial charge on any atom is -0.507 e. The lowest BCUT2D eigenvalue weighted by molar-refractivity contribution is -0.0203. The van der Waals surface area contributed by atoms with Gasteiger partial charge in [0.1, 0.15) is 17.2 Å². The van der Waals surface area contributed by atoms with Gasteiger partial charge < -0.3 is 14.6 Å². The molecule has 7 heteroatoms. The first-order valence-corrected chi connectivity index (χ1v) is 10.7. The van der Waals surface area contributed by atoms with E-state index in [0.717, 1.165) is 39.2 Å². The Labute approximate surface area is 187 Å². The quantitative estimate of drug-likeness (QED) is 0.490. The van der Waals surface area contributed by atoms with Gasteiger partial charge in [0.05, 0.1) is 24.4 Å². The van der Waals surface area contributed by atoms with Crippen LogP contribution < -0.4 is 9.47 Å². The van der Waals surface area contributed by atoms with Crippen LogP contribution in [0.5, 0.6) is 17.2 Å². The molecule has 3 aromatic carbocycles. The van der Waals surface area contributed by atoms with Crippen molar-refractivity contribution in [1.82, 2.24) is 5.01 Å². The molecule has 0 saturated carbocycles. The van der Waals surface area contributed by atoms with Gasteiger partial charge in [-0.1, -0.05) is 27.5 Å². The average Bonchev–Trinajstić information content (AvgIpc) is 3.21. The van der Waals surface area contributed by atoms with Gasteiger partial charge in [0.25, 0.3) is 0 Å². The average molecular weight is 486 g/mol. The molecule has 2 aliphatic rings. The minimum absolute atomic E-state index is 0.0215. The molecule has 1 N–H and O–H groups in total. The number of rotatable bonds is 3. The Morgan fingerprint density at radius 1 is 1.10 bits per heavy atom. The normalized spacial score (nSPS) is 19.6. The minimum atomic E-state index is -0.585. The fraction of sp³-hybridized carbons (Fsp3) is 0.174. The van der Waals surface area contributed by atoms with Crippen molar-refractivity contribution in [3.63, 3.8) is 0 Å². The molecule has 152 valence electrons. The third kappa shape index (κ3) is 3.30. The van der Waals surface area contributed by atoms with Crippen molar-refractivity contribution in [2.24, 2.45) is 5.10 Å². The number of hydrogen-bond acceptors (Lipinski definition) is 5. The van der Waals surface area contributed by atoms with Gasteiger partial charge in [0, 0.05) is 21.5 Å². The largest absolute Gasteiger partial charge is 0.507 e. The molecular formula is C23H18BrClN2O3. The van der Waals surface area contributed by atoms with Crippen LogP contribution in [0.4, 0.5) is 0 Å². The summed E-state index contributed by atoms with van der Waals surface area (Å²) >= 11 is 9.78. The van der Waals surface area contributed by atoms with Crippen molar-refractivity contribution in [1.29, 1.82) is 0 Å². The van der Waals surface area contributed by atoms with Crippen LogP contribution >= 0.6 is 27.5 Å². The van der Waals surface area contributed by atoms with E-state index < -0.39 is 6.23 Å². The SMILES string of the molecule is COc1ccc(C2=NN3C(C2)c2cc(Br)ccc2OC3c2cc(Cl)ccc2O)cc1. The number of methoxy groups -OCH3 is 1. The van der Waals surface area contributed by atoms with Crippen LogP contribution in [-0.4, -0.2) is 22.9 Å². The highest BCUT2D eigenvalue weighted by atomic mass is 79.9. The van der Waals surface area contributed by atoms with Gasteiger partial charge in [0.15, 0.2) is 0 Å². The number of hydrogen-bond donors (Lipinski definition) is 1. The van der Waals surface area contributed by atoms with E-state index in [1.807, 2.05) is 41.4 Å². The summed E-state index contributed by atoms with van der Waals surface area (Å²) in [5.74, 6) is 1.70. The maximum absolute atomic E-state index is 10.5. The van der Waals surface area contributed by atoms with Gasteiger partial charge >= 0.3 is 0 Å². The number of phenols is 1. The highest BCUT2D eigenvalue weighted by Gasteiger charge is 2.42. The second kappa shape index (κ2) is 7.52. The second-order valence-corrected chi connectivity index (χ2v) is 8.58. The van der Waals surface area contributed by atoms with Gasteiger partial charge in [-0.05, 0) is 66.2 Å². The number of phenolic OH excluding ortho intramolecular Hbond substituents is 1. The number of fused-ring (bicyclic) bond motifs is 3. The summed E-state index contributed by atoms with van der Waals surface area (Å²) in [6, 6.07) is 18.8. The van der Waals surface area contributed by atoms with Crippen molar-refractivity contribution >= 4 is 33.2 Å². The summed E-state index contributed by atoms with van der Waals surface area (Å²) in [6.45, 7) is 0. The van der Waals surface area contributed by atoms with Crippen LogP contribution in [-0.2, 0) is 0 Å². The summed E-state index contributed by atoms with van der Waals surface area (Å²) in [7, 11) is 1.65. The molecule has 0 saturated heterocycles. The lowest BCUT2D eigenvalue weighted by Gasteiger charge is -2.38. The Morgan fingerprint density at radius 2 is 1.90 bits per heavy atom. The molecule has 0 bridgehead atoms. The van der Waals surface area contributed by atoms with Crippen molar-refractivity contribution in [2.45, 2.75) is 18.7 Å². The van der Waals surface area contributed by atoms with E-state index in [2.05, 4.69) is 22.0 Å². The topological polar surface area (TPSA) is 54.3 Å². The zero-order valence-corrected chi connectivity index (χ0v) is 18.4. The monoisotopic (exact) mass is 484 g/mol. The fourth-order valence-corrected chi connectivity index (χ4v) is 4.50. The van der Waals surface area contributed by atoms with E-state index in [1.54, 1.807) is 25.3 Å². The lowest BCUT2D eigenvalue weighted by Crippen LogP contribution is -2.33. The molecule has 0 radical (unpaired) electrons. The van der Waals surface area contributed by atoms with Gasteiger partial charge in [-0.3, -0.25) is 0 Å². The molecule has 0 aromatic heterocycles. The molecule has 2 heterocycles. The summed E-state index contributed by atoms with van der Waals surface area (Å²) in [6.07, 6.45) is 0.134. The van der Waals surface area contributed by atoms with Crippen LogP contribution in [0.1, 0.15) is 35.4 Å². The number of ether oxygens (including phenoxy) is 2. The first-order valence-electron chi connectivity index (χ1n) is 9.48. The zero-order valence-electron chi connectivity index (χ0n) is 16.0. The summed E-state index contributed by atoms with van der Waals surface area (Å²) in [4.78, 5) is 0. The van der Waals surface area contributed by atoms with Crippen molar-refractivity contribution < 1.29 is 14.6 Å². The van der Waals surface area contributed by atoms with Crippen LogP contribution in [0.15, 0.2) is 70.2 Å². The van der Waals surface area contributed by atoms with E-state index in [1.165, 1.54) is 0 Å². The molecule has 0 amide bonds. The Bertz CT molecular complexity index is 1150. The Kier molecular flexibility index (Phi) is 4.83. The van der Waals surface area contributed by atoms with Gasteiger partial charge in [-0.15, -0.1) is 0 Å². The summed E-state index contributed by atoms with van der Waals surface area (Å²) < 4.78 is 12.6. The maximum atomic E-state index is 10.5. The van der Waals surface area contributed by atoms with E-state index in [-0.39, 0.29) is 11.8 Å². The first-order chi connectivity index (χ1) is 14.5. The number of benzene rings is 3. The molecule has 0 fully saturated rings. The standard InChI is InChI=1S/C23H18BrClN2O3/c1-29-16-6-2-13(3-7-16)19-12-20-17-10-14(24)4-9-22(17)30-23(27(20)26-19)18-11-15(25)5-8-21(18)28/h2-11,20,23,28H,12H2,1H3. The molecule has 2 aliphatic heterocycles. The van der Waals surface area contributed by atoms with E-state index in [4.69, 9.17) is 26.2 Å². The van der Waals surface area contributed by atoms with Crippen LogP contribution in [0.3, 0.4) is 0 Å². The van der Waals surface area contributed by atoms with Crippen LogP contribution in [0, 0.1) is 0 Å². The van der Waals surface area contributed by atoms with Gasteiger partial charge in [-0.2, -0.15) is 5.10 Å². The molecule has 2 unspecified atom stereocenters. The molecule has 0 aliphatic carbocycles. The van der Waals surface area contributed by atoms with Crippen molar-refractivity contribution in [2.75, 3.05) is 7.11 Å². The third-order valence-corrected chi connectivity index (χ3v) is 6.16. The molecule has 5 nitrogen and oxygen atoms in total. The molecule has 5 rings (SSSR count). The Morgan fingerprint density at radius 3 is 2.67 bits per heavy atom. The predicted octanol–water partition coefficient (Wildman–Crippen LogP) is 6.06. The van der Waals surface area contributed by atoms with E-state index in [0.29, 0.717) is 10.6 Å². The summed E-state index contributed by atoms with van der Waals surface area (Å²) in [5, 5.41) is 17.9. The van der Waals surface area contributed by atoms with E-state index in [9.17, 15) is 5.11 Å². The maximum Gasteiger partial charge on any atom is 0.217 e. The molecule has 0 spiro atoms. The summed E-state index contributed by atoms with van der Waals surface area (Å²) in [5.41, 5.74) is 3.61. The van der Waals surface area contributed by atoms with Crippen LogP contribution in [0.2, 0.25) is 5.02 Å². The Balaban J connectivity index is 1.61. The van der Waals surface area contributed by atoms with Crippen molar-refractivity contribution in [3.05, 3.63) is 86.8 Å². The highest BCUT2D eigenvalue weighted by Crippen LogP contribution is 2.49. The van der Waals surface area contributed by atoms with Crippen LogP contribution in [0.25, 0.3) is 0 Å². The Hall–Kier alpha value is -2.70. The molecule has 3 aromatic rings. The second-order valence-electron chi connectivity index (χ2n) is 7.23. The van der Waals surface area contributed by atoms with E-state index >= 15 is 0 Å². The fourth-order valence-electron chi connectivity index (χ4n) is 3.94. The smallest absolute Gasteiger partial charge is 0.217 e. The number of halogens is 2. The predicted molar refractivity (Wildman–Crippen MR) is 119 cm³/mol. The highest BCUT2D eigenvalue weighted by molar-refractivity contribution is 9.10. The van der Waals surface area contributed by atoms with Gasteiger partial charge in [0.2, 0.25) is 6.23 Å². The van der Waals surface area contributed by atoms with Gasteiger partial charge in [-0.25, -0.2) is 5.01 Å². The number of aromatic hydroxyl groups is 1. The van der Waals surface area contributed by atoms with Crippen molar-refractivity contribution in [3.8, 4) is 17.2 Å². The number of nitrogens with zero attached hydrogens (tertiary/aromatic N) is 2. The molecular weight excluding hydrogens is 468 g/mol. The molecule has 30 heavy (non-hydrogen) atoms. The lowest BCUT2D eigenvalue weighted by atomic mass is 9.96. The molecule has 2 atom stereocenters. The zero-order chi connectivity index (χ0) is 20.8. The number of hydrazone groups is 1.